The van der Waals surface area contributed by atoms with Crippen molar-refractivity contribution in [3.63, 3.8) is 0 Å². The van der Waals surface area contributed by atoms with Crippen molar-refractivity contribution in [1.82, 2.24) is 19.8 Å². The topological polar surface area (TPSA) is 55.8 Å². The van der Waals surface area contributed by atoms with Crippen LogP contribution in [0, 0.1) is 11.6 Å². The maximum atomic E-state index is 14.1. The van der Waals surface area contributed by atoms with Crippen molar-refractivity contribution in [2.45, 2.75) is 13.0 Å². The van der Waals surface area contributed by atoms with Gasteiger partial charge in [-0.15, -0.1) is 0 Å². The fraction of sp³-hybridized carbons (Fsp3) is 0.476. The zero-order chi connectivity index (χ0) is 21.4. The van der Waals surface area contributed by atoms with Crippen LogP contribution in [-0.4, -0.2) is 79.5 Å². The molecule has 1 amide bonds. The van der Waals surface area contributed by atoms with E-state index in [0.717, 1.165) is 55.4 Å². The van der Waals surface area contributed by atoms with E-state index in [1.54, 1.807) is 0 Å². The third-order valence-corrected chi connectivity index (χ3v) is 5.70. The summed E-state index contributed by atoms with van der Waals surface area (Å²) >= 11 is 0. The first kappa shape index (κ1) is 20.5. The van der Waals surface area contributed by atoms with Crippen LogP contribution in [0.25, 0.3) is 0 Å². The van der Waals surface area contributed by atoms with Gasteiger partial charge in [0.15, 0.2) is 0 Å². The number of hydrogen-bond donors (Lipinski definition) is 0. The Kier molecular flexibility index (Phi) is 5.55. The molecule has 30 heavy (non-hydrogen) atoms. The molecule has 1 fully saturated rings. The Morgan fingerprint density at radius 3 is 2.33 bits per heavy atom. The van der Waals surface area contributed by atoms with Gasteiger partial charge in [0, 0.05) is 58.8 Å². The highest BCUT2D eigenvalue weighted by Gasteiger charge is 2.30. The van der Waals surface area contributed by atoms with E-state index in [1.807, 2.05) is 19.0 Å². The first-order valence-corrected chi connectivity index (χ1v) is 10.1. The quantitative estimate of drug-likeness (QED) is 0.760. The van der Waals surface area contributed by atoms with E-state index < -0.39 is 23.1 Å². The Morgan fingerprint density at radius 1 is 1.03 bits per heavy atom. The molecule has 4 rings (SSSR count). The molecule has 0 N–H and O–H groups in total. The van der Waals surface area contributed by atoms with Crippen LogP contribution in [0.5, 0.6) is 0 Å². The zero-order valence-corrected chi connectivity index (χ0v) is 17.5. The summed E-state index contributed by atoms with van der Waals surface area (Å²) in [7, 11) is 5.89. The predicted octanol–water partition coefficient (Wildman–Crippen LogP) is 1.77. The number of hydrogen-bond acceptors (Lipinski definition) is 6. The summed E-state index contributed by atoms with van der Waals surface area (Å²) in [6, 6.07) is 3.46. The summed E-state index contributed by atoms with van der Waals surface area (Å²) in [6.45, 7) is 4.20. The van der Waals surface area contributed by atoms with Gasteiger partial charge >= 0.3 is 0 Å². The molecule has 0 unspecified atom stereocenters. The molecule has 0 spiro atoms. The van der Waals surface area contributed by atoms with Gasteiger partial charge in [0.2, 0.25) is 5.95 Å². The summed E-state index contributed by atoms with van der Waals surface area (Å²) in [6.07, 6.45) is 0.515. The van der Waals surface area contributed by atoms with Crippen LogP contribution in [-0.2, 0) is 13.0 Å². The van der Waals surface area contributed by atoms with E-state index in [2.05, 4.69) is 16.8 Å². The molecule has 1 saturated heterocycles. The standard InChI is InChI=1S/C21H26F2N6O/c1-26(2)19-14-13-29(20(30)18-15(22)5-4-6-16(18)23)8-7-17(14)24-21(25-19)28-11-9-27(3)10-12-28/h4-6H,7-13H2,1-3H3. The second kappa shape index (κ2) is 8.14. The third kappa shape index (κ3) is 3.81. The van der Waals surface area contributed by atoms with Crippen LogP contribution in [0.15, 0.2) is 18.2 Å². The van der Waals surface area contributed by atoms with Crippen molar-refractivity contribution in [3.05, 3.63) is 46.7 Å². The van der Waals surface area contributed by atoms with Crippen molar-refractivity contribution in [3.8, 4) is 0 Å². The lowest BCUT2D eigenvalue weighted by molar-refractivity contribution is 0.0723. The number of piperazine rings is 1. The third-order valence-electron chi connectivity index (χ3n) is 5.70. The van der Waals surface area contributed by atoms with Crippen LogP contribution in [0.4, 0.5) is 20.5 Å². The highest BCUT2D eigenvalue weighted by Crippen LogP contribution is 2.29. The lowest BCUT2D eigenvalue weighted by Gasteiger charge is -2.35. The van der Waals surface area contributed by atoms with E-state index in [4.69, 9.17) is 9.97 Å². The molecule has 0 aliphatic carbocycles. The van der Waals surface area contributed by atoms with Gasteiger partial charge < -0.3 is 19.6 Å². The average molecular weight is 416 g/mol. The number of halogens is 2. The van der Waals surface area contributed by atoms with Crippen molar-refractivity contribution < 1.29 is 13.6 Å². The normalized spacial score (nSPS) is 17.1. The number of fused-ring (bicyclic) bond motifs is 1. The molecule has 3 heterocycles. The van der Waals surface area contributed by atoms with Crippen LogP contribution in [0.3, 0.4) is 0 Å². The van der Waals surface area contributed by atoms with Crippen molar-refractivity contribution in [2.75, 3.05) is 63.7 Å². The molecular formula is C21H26F2N6O. The minimum Gasteiger partial charge on any atom is -0.362 e. The minimum absolute atomic E-state index is 0.221. The molecule has 0 saturated carbocycles. The maximum Gasteiger partial charge on any atom is 0.260 e. The van der Waals surface area contributed by atoms with Crippen molar-refractivity contribution in [2.24, 2.45) is 0 Å². The number of carbonyl (C=O) groups excluding carboxylic acids is 1. The Labute approximate surface area is 174 Å². The molecule has 1 aromatic heterocycles. The van der Waals surface area contributed by atoms with E-state index in [-0.39, 0.29) is 6.54 Å². The molecule has 9 heteroatoms. The number of nitrogens with zero attached hydrogens (tertiary/aromatic N) is 6. The molecule has 0 radical (unpaired) electrons. The molecule has 2 aliphatic heterocycles. The fourth-order valence-corrected chi connectivity index (χ4v) is 3.94. The number of likely N-dealkylation sites (N-methyl/N-ethyl adjacent to an activating group) is 1. The van der Waals surface area contributed by atoms with Gasteiger partial charge in [-0.2, -0.15) is 4.98 Å². The van der Waals surface area contributed by atoms with Crippen LogP contribution >= 0.6 is 0 Å². The Bertz CT molecular complexity index is 939. The lowest BCUT2D eigenvalue weighted by Crippen LogP contribution is -2.45. The number of anilines is 2. The molecular weight excluding hydrogens is 390 g/mol. The van der Waals surface area contributed by atoms with Gasteiger partial charge in [-0.05, 0) is 19.2 Å². The summed E-state index contributed by atoms with van der Waals surface area (Å²) in [5.74, 6) is -0.907. The number of rotatable bonds is 3. The molecule has 2 aromatic rings. The van der Waals surface area contributed by atoms with Crippen LogP contribution in [0.2, 0.25) is 0 Å². The van der Waals surface area contributed by atoms with Crippen molar-refractivity contribution >= 4 is 17.7 Å². The summed E-state index contributed by atoms with van der Waals surface area (Å²) in [5, 5.41) is 0. The van der Waals surface area contributed by atoms with Crippen LogP contribution in [0.1, 0.15) is 21.6 Å². The highest BCUT2D eigenvalue weighted by molar-refractivity contribution is 5.95. The minimum atomic E-state index is -0.847. The van der Waals surface area contributed by atoms with Gasteiger partial charge in [0.1, 0.15) is 23.0 Å². The monoisotopic (exact) mass is 416 g/mol. The second-order valence-electron chi connectivity index (χ2n) is 8.03. The van der Waals surface area contributed by atoms with E-state index in [9.17, 15) is 13.6 Å². The van der Waals surface area contributed by atoms with Crippen molar-refractivity contribution in [1.29, 1.82) is 0 Å². The predicted molar refractivity (Wildman–Crippen MR) is 111 cm³/mol. The van der Waals surface area contributed by atoms with Gasteiger partial charge in [-0.1, -0.05) is 6.07 Å². The van der Waals surface area contributed by atoms with E-state index in [1.165, 1.54) is 11.0 Å². The molecule has 1 aromatic carbocycles. The van der Waals surface area contributed by atoms with Gasteiger partial charge in [-0.25, -0.2) is 13.8 Å². The van der Waals surface area contributed by atoms with Gasteiger partial charge in [-0.3, -0.25) is 4.79 Å². The largest absolute Gasteiger partial charge is 0.362 e. The number of carbonyl (C=O) groups is 1. The maximum absolute atomic E-state index is 14.1. The van der Waals surface area contributed by atoms with E-state index >= 15 is 0 Å². The zero-order valence-electron chi connectivity index (χ0n) is 17.5. The Hall–Kier alpha value is -2.81. The van der Waals surface area contributed by atoms with Gasteiger partial charge in [0.25, 0.3) is 5.91 Å². The second-order valence-corrected chi connectivity index (χ2v) is 8.03. The fourth-order valence-electron chi connectivity index (χ4n) is 3.94. The molecule has 2 aliphatic rings. The first-order chi connectivity index (χ1) is 14.3. The Morgan fingerprint density at radius 2 is 1.70 bits per heavy atom. The highest BCUT2D eigenvalue weighted by atomic mass is 19.1. The molecule has 0 atom stereocenters. The SMILES string of the molecule is CN1CCN(c2nc3c(c(N(C)C)n2)CN(C(=O)c2c(F)cccc2F)CC3)CC1. The van der Waals surface area contributed by atoms with Crippen LogP contribution < -0.4 is 9.80 Å². The number of amides is 1. The summed E-state index contributed by atoms with van der Waals surface area (Å²) < 4.78 is 28.2. The molecule has 0 bridgehead atoms. The summed E-state index contributed by atoms with van der Waals surface area (Å²) in [5.41, 5.74) is 1.21. The smallest absolute Gasteiger partial charge is 0.260 e. The molecule has 7 nitrogen and oxygen atoms in total. The van der Waals surface area contributed by atoms with Gasteiger partial charge in [0.05, 0.1) is 12.2 Å². The number of aromatic nitrogens is 2. The summed E-state index contributed by atoms with van der Waals surface area (Å²) in [4.78, 5) is 30.2. The molecule has 160 valence electrons. The first-order valence-electron chi connectivity index (χ1n) is 10.1. The average Bonchev–Trinajstić information content (AvgIpc) is 2.72. The lowest BCUT2D eigenvalue weighted by atomic mass is 10.0. The number of benzene rings is 1. The Balaban J connectivity index is 1.64. The van der Waals surface area contributed by atoms with E-state index in [0.29, 0.717) is 18.9 Å².